The van der Waals surface area contributed by atoms with Gasteiger partial charge in [-0.2, -0.15) is 0 Å². The molecule has 0 radical (unpaired) electrons. The Labute approximate surface area is 130 Å². The summed E-state index contributed by atoms with van der Waals surface area (Å²) in [7, 11) is 1.61. The van der Waals surface area contributed by atoms with Crippen LogP contribution in [0.25, 0.3) is 0 Å². The molecule has 1 aromatic rings. The van der Waals surface area contributed by atoms with E-state index in [1.165, 1.54) is 0 Å². The quantitative estimate of drug-likeness (QED) is 0.926. The number of fused-ring (bicyclic) bond motifs is 1. The first-order chi connectivity index (χ1) is 10.7. The highest BCUT2D eigenvalue weighted by atomic mass is 16.6. The van der Waals surface area contributed by atoms with Gasteiger partial charge in [0, 0.05) is 12.7 Å². The molecular weight excluding hydrogens is 284 g/mol. The number of hydrogen-bond donors (Lipinski definition) is 1. The third-order valence-electron chi connectivity index (χ3n) is 4.73. The molecule has 1 aliphatic heterocycles. The largest absolute Gasteiger partial charge is 0.486 e. The van der Waals surface area contributed by atoms with Crippen molar-refractivity contribution in [3.05, 3.63) is 23.3 Å². The molecule has 0 bridgehead atoms. The number of rotatable bonds is 4. The van der Waals surface area contributed by atoms with Crippen LogP contribution in [0.1, 0.15) is 43.2 Å². The number of methoxy groups -OCH3 is 1. The van der Waals surface area contributed by atoms with Gasteiger partial charge in [0.25, 0.3) is 0 Å². The summed E-state index contributed by atoms with van der Waals surface area (Å²) in [5.41, 5.74) is 0.817. The predicted octanol–water partition coefficient (Wildman–Crippen LogP) is 2.89. The fraction of sp³-hybridized carbons (Fsp3) is 0.588. The van der Waals surface area contributed by atoms with Gasteiger partial charge in [-0.25, -0.2) is 0 Å². The highest BCUT2D eigenvalue weighted by Gasteiger charge is 2.43. The van der Waals surface area contributed by atoms with Crippen LogP contribution in [-0.2, 0) is 21.6 Å². The minimum atomic E-state index is -0.831. The lowest BCUT2D eigenvalue weighted by atomic mass is 9.68. The Hall–Kier alpha value is -1.75. The van der Waals surface area contributed by atoms with E-state index in [4.69, 9.17) is 14.2 Å². The third kappa shape index (κ3) is 2.43. The van der Waals surface area contributed by atoms with Crippen LogP contribution in [0.4, 0.5) is 0 Å². The first kappa shape index (κ1) is 15.2. The van der Waals surface area contributed by atoms with E-state index in [-0.39, 0.29) is 0 Å². The summed E-state index contributed by atoms with van der Waals surface area (Å²) in [6, 6.07) is 3.73. The van der Waals surface area contributed by atoms with Crippen molar-refractivity contribution >= 4 is 5.97 Å². The minimum absolute atomic E-state index is 0.330. The predicted molar refractivity (Wildman–Crippen MR) is 80.5 cm³/mol. The number of carboxylic acid groups (broad SMARTS) is 1. The Morgan fingerprint density at radius 3 is 2.64 bits per heavy atom. The van der Waals surface area contributed by atoms with Crippen molar-refractivity contribution in [3.8, 4) is 11.5 Å². The highest BCUT2D eigenvalue weighted by molar-refractivity contribution is 5.83. The molecule has 2 aliphatic rings. The van der Waals surface area contributed by atoms with Crippen LogP contribution in [0.3, 0.4) is 0 Å². The Balaban J connectivity index is 2.13. The van der Waals surface area contributed by atoms with Gasteiger partial charge < -0.3 is 19.3 Å². The maximum absolute atomic E-state index is 12.1. The number of carbonyl (C=O) groups is 1. The summed E-state index contributed by atoms with van der Waals surface area (Å²) >= 11 is 0. The summed E-state index contributed by atoms with van der Waals surface area (Å²) < 4.78 is 16.7. The van der Waals surface area contributed by atoms with E-state index < -0.39 is 11.4 Å². The van der Waals surface area contributed by atoms with Crippen LogP contribution in [0.15, 0.2) is 12.1 Å². The molecule has 5 nitrogen and oxygen atoms in total. The van der Waals surface area contributed by atoms with Gasteiger partial charge in [-0.05, 0) is 24.5 Å². The molecule has 0 aromatic heterocycles. The maximum atomic E-state index is 12.1. The maximum Gasteiger partial charge on any atom is 0.314 e. The van der Waals surface area contributed by atoms with Crippen LogP contribution in [-0.4, -0.2) is 31.4 Å². The average Bonchev–Trinajstić information content (AvgIpc) is 2.56. The average molecular weight is 306 g/mol. The van der Waals surface area contributed by atoms with Crippen molar-refractivity contribution in [2.24, 2.45) is 0 Å². The summed E-state index contributed by atoms with van der Waals surface area (Å²) in [6.07, 6.45) is 4.30. The second-order valence-electron chi connectivity index (χ2n) is 6.00. The molecule has 1 aliphatic carbocycles. The lowest BCUT2D eigenvalue weighted by Gasteiger charge is -2.36. The standard InChI is InChI=1S/C17H22O5/c1-20-11-12-13(5-6-14-15(12)22-10-9-21-14)17(16(18)19)7-3-2-4-8-17/h5-6H,2-4,7-11H2,1H3,(H,18,19). The molecule has 0 atom stereocenters. The molecule has 0 amide bonds. The van der Waals surface area contributed by atoms with E-state index in [0.29, 0.717) is 44.2 Å². The molecule has 1 N–H and O–H groups in total. The van der Waals surface area contributed by atoms with Gasteiger partial charge in [-0.3, -0.25) is 4.79 Å². The van der Waals surface area contributed by atoms with Crippen molar-refractivity contribution in [1.29, 1.82) is 0 Å². The lowest BCUT2D eigenvalue weighted by Crippen LogP contribution is -2.39. The summed E-state index contributed by atoms with van der Waals surface area (Å²) in [4.78, 5) is 12.1. The van der Waals surface area contributed by atoms with Crippen molar-refractivity contribution < 1.29 is 24.1 Å². The molecular formula is C17H22O5. The van der Waals surface area contributed by atoms with Crippen LogP contribution in [0.5, 0.6) is 11.5 Å². The molecule has 3 rings (SSSR count). The van der Waals surface area contributed by atoms with Crippen LogP contribution in [0, 0.1) is 0 Å². The third-order valence-corrected chi connectivity index (χ3v) is 4.73. The van der Waals surface area contributed by atoms with Gasteiger partial charge in [-0.15, -0.1) is 0 Å². The van der Waals surface area contributed by atoms with Gasteiger partial charge in [0.05, 0.1) is 12.0 Å². The number of ether oxygens (including phenoxy) is 3. The zero-order valence-corrected chi connectivity index (χ0v) is 12.9. The van der Waals surface area contributed by atoms with Gasteiger partial charge in [0.1, 0.15) is 13.2 Å². The zero-order chi connectivity index (χ0) is 15.6. The molecule has 1 aromatic carbocycles. The second-order valence-corrected chi connectivity index (χ2v) is 6.00. The normalized spacial score (nSPS) is 19.7. The van der Waals surface area contributed by atoms with E-state index in [2.05, 4.69) is 0 Å². The van der Waals surface area contributed by atoms with Crippen molar-refractivity contribution in [1.82, 2.24) is 0 Å². The van der Waals surface area contributed by atoms with E-state index >= 15 is 0 Å². The lowest BCUT2D eigenvalue weighted by molar-refractivity contribution is -0.145. The molecule has 22 heavy (non-hydrogen) atoms. The van der Waals surface area contributed by atoms with E-state index in [1.807, 2.05) is 12.1 Å². The molecule has 1 saturated carbocycles. The van der Waals surface area contributed by atoms with E-state index in [9.17, 15) is 9.90 Å². The van der Waals surface area contributed by atoms with Crippen LogP contribution < -0.4 is 9.47 Å². The summed E-state index contributed by atoms with van der Waals surface area (Å²) in [6.45, 7) is 1.33. The number of hydrogen-bond acceptors (Lipinski definition) is 4. The van der Waals surface area contributed by atoms with Crippen LogP contribution >= 0.6 is 0 Å². The highest BCUT2D eigenvalue weighted by Crippen LogP contribution is 2.46. The van der Waals surface area contributed by atoms with Crippen molar-refractivity contribution in [2.75, 3.05) is 20.3 Å². The molecule has 0 unspecified atom stereocenters. The number of carboxylic acids is 1. The Bertz CT molecular complexity index is 560. The summed E-state index contributed by atoms with van der Waals surface area (Å²) in [5.74, 6) is 0.580. The molecule has 5 heteroatoms. The fourth-order valence-electron chi connectivity index (χ4n) is 3.66. The van der Waals surface area contributed by atoms with Gasteiger partial charge in [-0.1, -0.05) is 25.3 Å². The first-order valence-electron chi connectivity index (χ1n) is 7.83. The monoisotopic (exact) mass is 306 g/mol. The molecule has 0 saturated heterocycles. The summed E-state index contributed by atoms with van der Waals surface area (Å²) in [5, 5.41) is 9.93. The van der Waals surface area contributed by atoms with Crippen molar-refractivity contribution in [3.63, 3.8) is 0 Å². The van der Waals surface area contributed by atoms with Gasteiger partial charge in [0.2, 0.25) is 0 Å². The van der Waals surface area contributed by atoms with E-state index in [0.717, 1.165) is 30.4 Å². The Morgan fingerprint density at radius 1 is 1.23 bits per heavy atom. The molecule has 120 valence electrons. The minimum Gasteiger partial charge on any atom is -0.486 e. The fourth-order valence-corrected chi connectivity index (χ4v) is 3.66. The Kier molecular flexibility index (Phi) is 4.25. The van der Waals surface area contributed by atoms with Gasteiger partial charge >= 0.3 is 5.97 Å². The zero-order valence-electron chi connectivity index (χ0n) is 12.9. The first-order valence-corrected chi connectivity index (χ1v) is 7.83. The van der Waals surface area contributed by atoms with Crippen molar-refractivity contribution in [2.45, 2.75) is 44.1 Å². The smallest absolute Gasteiger partial charge is 0.314 e. The van der Waals surface area contributed by atoms with E-state index in [1.54, 1.807) is 7.11 Å². The topological polar surface area (TPSA) is 65.0 Å². The van der Waals surface area contributed by atoms with Gasteiger partial charge in [0.15, 0.2) is 11.5 Å². The molecule has 0 spiro atoms. The number of benzene rings is 1. The Morgan fingerprint density at radius 2 is 1.95 bits per heavy atom. The molecule has 1 heterocycles. The number of aliphatic carboxylic acids is 1. The second kappa shape index (κ2) is 6.16. The molecule has 1 fully saturated rings. The van der Waals surface area contributed by atoms with Crippen LogP contribution in [0.2, 0.25) is 0 Å². The SMILES string of the molecule is COCc1c(C2(C(=O)O)CCCCC2)ccc2c1OCCO2.